The van der Waals surface area contributed by atoms with Crippen LogP contribution in [0.4, 0.5) is 0 Å². The fraction of sp³-hybridized carbons (Fsp3) is 0.923. The number of carboxylic acids is 1. The summed E-state index contributed by atoms with van der Waals surface area (Å²) in [6.45, 7) is 6.21. The lowest BCUT2D eigenvalue weighted by atomic mass is 10.1. The van der Waals surface area contributed by atoms with Crippen molar-refractivity contribution in [1.29, 1.82) is 0 Å². The number of unbranched alkanes of at least 4 members (excludes halogenated alkanes) is 4. The Morgan fingerprint density at radius 3 is 2.00 bits per heavy atom. The summed E-state index contributed by atoms with van der Waals surface area (Å²) in [7, 11) is 0. The molecule has 0 atom stereocenters. The van der Waals surface area contributed by atoms with E-state index in [0.29, 0.717) is 19.4 Å². The lowest BCUT2D eigenvalue weighted by Gasteiger charge is -2.13. The zero-order chi connectivity index (χ0) is 13.7. The van der Waals surface area contributed by atoms with E-state index < -0.39 is 11.6 Å². The van der Waals surface area contributed by atoms with Gasteiger partial charge in [-0.2, -0.15) is 0 Å². The number of aliphatic hydroxyl groups is 1. The summed E-state index contributed by atoms with van der Waals surface area (Å²) >= 11 is 0. The molecule has 104 valence electrons. The normalized spacial score (nSPS) is 10.6. The van der Waals surface area contributed by atoms with Crippen molar-refractivity contribution >= 4 is 5.97 Å². The molecular weight excluding hydrogens is 218 g/mol. The second kappa shape index (κ2) is 11.9. The van der Waals surface area contributed by atoms with Crippen LogP contribution in [0.1, 0.15) is 65.7 Å². The molecule has 0 saturated heterocycles. The fourth-order valence-electron chi connectivity index (χ4n) is 1.23. The van der Waals surface area contributed by atoms with E-state index in [1.165, 1.54) is 19.3 Å². The molecule has 0 amide bonds. The van der Waals surface area contributed by atoms with Gasteiger partial charge in [0.15, 0.2) is 0 Å². The van der Waals surface area contributed by atoms with Crippen molar-refractivity contribution in [1.82, 2.24) is 0 Å². The first-order valence-corrected chi connectivity index (χ1v) is 6.47. The van der Waals surface area contributed by atoms with Gasteiger partial charge in [-0.3, -0.25) is 4.79 Å². The van der Waals surface area contributed by atoms with Crippen LogP contribution in [0.2, 0.25) is 0 Å². The average molecular weight is 247 g/mol. The largest absolute Gasteiger partial charge is 0.481 e. The predicted octanol–water partition coefficient (Wildman–Crippen LogP) is 2.54. The van der Waals surface area contributed by atoms with Gasteiger partial charge in [-0.25, -0.2) is 0 Å². The van der Waals surface area contributed by atoms with Gasteiger partial charge >= 0.3 is 5.97 Å². The van der Waals surface area contributed by atoms with E-state index in [4.69, 9.17) is 15.9 Å². The van der Waals surface area contributed by atoms with E-state index in [2.05, 4.69) is 6.92 Å². The second-order valence-electron chi connectivity index (χ2n) is 4.91. The first kappa shape index (κ1) is 18.7. The monoisotopic (exact) mass is 247 g/mol. The number of carboxylic acid groups (broad SMARTS) is 1. The average Bonchev–Trinajstić information content (AvgIpc) is 2.16. The molecule has 0 saturated carbocycles. The zero-order valence-electron chi connectivity index (χ0n) is 11.5. The van der Waals surface area contributed by atoms with E-state index in [9.17, 15) is 4.79 Å². The van der Waals surface area contributed by atoms with Crippen LogP contribution >= 0.6 is 0 Å². The molecule has 0 aliphatic rings. The molecule has 0 unspecified atom stereocenters. The standard InChI is InChI=1S/C8H16O2.C5H13NO/c1-2-3-4-5-6-7-8(9)10;1-5(2,7)3-4-6/h2-7H2,1H3,(H,9,10);7H,3-4,6H2,1-2H3. The zero-order valence-corrected chi connectivity index (χ0v) is 11.5. The summed E-state index contributed by atoms with van der Waals surface area (Å²) in [4.78, 5) is 10.0. The van der Waals surface area contributed by atoms with Gasteiger partial charge in [-0.15, -0.1) is 0 Å². The molecule has 4 heteroatoms. The van der Waals surface area contributed by atoms with Gasteiger partial charge in [0, 0.05) is 6.42 Å². The molecule has 0 spiro atoms. The van der Waals surface area contributed by atoms with Crippen LogP contribution in [0.3, 0.4) is 0 Å². The maximum absolute atomic E-state index is 10.0. The third-order valence-corrected chi connectivity index (χ3v) is 2.25. The molecule has 0 fully saturated rings. The Morgan fingerprint density at radius 2 is 1.71 bits per heavy atom. The van der Waals surface area contributed by atoms with Crippen LogP contribution in [0.15, 0.2) is 0 Å². The highest BCUT2D eigenvalue weighted by Crippen LogP contribution is 2.04. The van der Waals surface area contributed by atoms with Crippen molar-refractivity contribution in [2.45, 2.75) is 71.3 Å². The summed E-state index contributed by atoms with van der Waals surface area (Å²) in [6.07, 6.45) is 6.56. The summed E-state index contributed by atoms with van der Waals surface area (Å²) in [5.41, 5.74) is 4.58. The quantitative estimate of drug-likeness (QED) is 0.575. The van der Waals surface area contributed by atoms with Crippen LogP contribution < -0.4 is 5.73 Å². The molecule has 0 heterocycles. The Hall–Kier alpha value is -0.610. The maximum Gasteiger partial charge on any atom is 0.303 e. The molecule has 0 aromatic rings. The van der Waals surface area contributed by atoms with Gasteiger partial charge < -0.3 is 15.9 Å². The molecule has 17 heavy (non-hydrogen) atoms. The first-order chi connectivity index (χ1) is 7.83. The molecule has 4 N–H and O–H groups in total. The smallest absolute Gasteiger partial charge is 0.303 e. The molecule has 0 radical (unpaired) electrons. The maximum atomic E-state index is 10.0. The van der Waals surface area contributed by atoms with Gasteiger partial charge in [0.1, 0.15) is 0 Å². The lowest BCUT2D eigenvalue weighted by molar-refractivity contribution is -0.137. The van der Waals surface area contributed by atoms with Crippen LogP contribution in [-0.4, -0.2) is 28.3 Å². The highest BCUT2D eigenvalue weighted by Gasteiger charge is 2.08. The number of aliphatic carboxylic acids is 1. The van der Waals surface area contributed by atoms with Crippen LogP contribution in [0.5, 0.6) is 0 Å². The van der Waals surface area contributed by atoms with E-state index in [1.807, 2.05) is 0 Å². The van der Waals surface area contributed by atoms with E-state index in [1.54, 1.807) is 13.8 Å². The number of hydrogen-bond donors (Lipinski definition) is 3. The Balaban J connectivity index is 0. The van der Waals surface area contributed by atoms with Crippen molar-refractivity contribution in [2.75, 3.05) is 6.54 Å². The minimum atomic E-state index is -0.670. The Kier molecular flexibility index (Phi) is 13.1. The van der Waals surface area contributed by atoms with Crippen molar-refractivity contribution in [3.63, 3.8) is 0 Å². The van der Waals surface area contributed by atoms with Gasteiger partial charge in [-0.05, 0) is 33.2 Å². The van der Waals surface area contributed by atoms with Crippen LogP contribution in [-0.2, 0) is 4.79 Å². The van der Waals surface area contributed by atoms with Gasteiger partial charge in [0.2, 0.25) is 0 Å². The van der Waals surface area contributed by atoms with E-state index in [-0.39, 0.29) is 0 Å². The summed E-state index contributed by atoms with van der Waals surface area (Å²) in [5.74, 6) is -0.670. The van der Waals surface area contributed by atoms with Crippen molar-refractivity contribution < 1.29 is 15.0 Å². The SMILES string of the molecule is CC(C)(O)CCN.CCCCCCCC(=O)O. The number of hydrogen-bond acceptors (Lipinski definition) is 3. The number of nitrogens with two attached hydrogens (primary N) is 1. The highest BCUT2D eigenvalue weighted by molar-refractivity contribution is 5.66. The third kappa shape index (κ3) is 25.6. The molecule has 0 aromatic carbocycles. The Labute approximate surface area is 105 Å². The minimum Gasteiger partial charge on any atom is -0.481 e. The predicted molar refractivity (Wildman–Crippen MR) is 71.0 cm³/mol. The number of rotatable bonds is 8. The summed E-state index contributed by atoms with van der Waals surface area (Å²) in [5, 5.41) is 17.2. The van der Waals surface area contributed by atoms with E-state index in [0.717, 1.165) is 12.8 Å². The lowest BCUT2D eigenvalue weighted by Crippen LogP contribution is -2.22. The number of carbonyl (C=O) groups is 1. The molecule has 0 aliphatic heterocycles. The van der Waals surface area contributed by atoms with Crippen molar-refractivity contribution in [3.8, 4) is 0 Å². The fourth-order valence-corrected chi connectivity index (χ4v) is 1.23. The molecule has 4 nitrogen and oxygen atoms in total. The minimum absolute atomic E-state index is 0.337. The third-order valence-electron chi connectivity index (χ3n) is 2.25. The van der Waals surface area contributed by atoms with Crippen molar-refractivity contribution in [3.05, 3.63) is 0 Å². The Bertz CT molecular complexity index is 176. The molecule has 0 bridgehead atoms. The van der Waals surface area contributed by atoms with Crippen LogP contribution in [0, 0.1) is 0 Å². The van der Waals surface area contributed by atoms with Gasteiger partial charge in [0.05, 0.1) is 5.60 Å². The summed E-state index contributed by atoms with van der Waals surface area (Å²) < 4.78 is 0. The van der Waals surface area contributed by atoms with Crippen LogP contribution in [0.25, 0.3) is 0 Å². The topological polar surface area (TPSA) is 83.5 Å². The second-order valence-corrected chi connectivity index (χ2v) is 4.91. The molecule has 0 rings (SSSR count). The molecule has 0 aliphatic carbocycles. The highest BCUT2D eigenvalue weighted by atomic mass is 16.4. The van der Waals surface area contributed by atoms with Crippen molar-refractivity contribution in [2.24, 2.45) is 5.73 Å². The summed E-state index contributed by atoms with van der Waals surface area (Å²) in [6, 6.07) is 0. The molecule has 0 aromatic heterocycles. The first-order valence-electron chi connectivity index (χ1n) is 6.47. The Morgan fingerprint density at radius 1 is 1.18 bits per heavy atom. The van der Waals surface area contributed by atoms with E-state index >= 15 is 0 Å². The van der Waals surface area contributed by atoms with Gasteiger partial charge in [0.25, 0.3) is 0 Å². The molecular formula is C13H29NO3. The van der Waals surface area contributed by atoms with Gasteiger partial charge in [-0.1, -0.05) is 32.6 Å².